The van der Waals surface area contributed by atoms with Crippen molar-refractivity contribution in [1.29, 1.82) is 5.26 Å². The Hall–Kier alpha value is -2.70. The lowest BCUT2D eigenvalue weighted by Crippen LogP contribution is -2.39. The summed E-state index contributed by atoms with van der Waals surface area (Å²) >= 11 is 0. The SMILES string of the molecule is N#C[C@@H]1CCCN(C(=O)c2cccc(S(=O)(=O)NCCn3ccnc3)c2)C1. The zero-order chi connectivity index (χ0) is 19.3. The second-order valence-electron chi connectivity index (χ2n) is 6.45. The molecule has 1 aliphatic rings. The standard InChI is InChI=1S/C18H21N5O3S/c19-12-15-3-2-8-23(13-15)18(24)16-4-1-5-17(11-16)27(25,26)21-7-10-22-9-6-20-14-22/h1,4-6,9,11,14-15,21H,2-3,7-8,10,13H2/t15-/m0/s1. The van der Waals surface area contributed by atoms with E-state index in [0.29, 0.717) is 25.2 Å². The van der Waals surface area contributed by atoms with Crippen LogP contribution >= 0.6 is 0 Å². The summed E-state index contributed by atoms with van der Waals surface area (Å²) < 4.78 is 29.3. The molecule has 0 radical (unpaired) electrons. The molecule has 0 unspecified atom stereocenters. The molecule has 8 nitrogen and oxygen atoms in total. The Morgan fingerprint density at radius 3 is 3.00 bits per heavy atom. The van der Waals surface area contributed by atoms with Crippen LogP contribution in [0.15, 0.2) is 47.9 Å². The van der Waals surface area contributed by atoms with Crippen molar-refractivity contribution in [3.05, 3.63) is 48.5 Å². The molecule has 0 bridgehead atoms. The van der Waals surface area contributed by atoms with Crippen LogP contribution < -0.4 is 4.72 Å². The molecular weight excluding hydrogens is 366 g/mol. The molecule has 1 aromatic heterocycles. The lowest BCUT2D eigenvalue weighted by Gasteiger charge is -2.29. The topological polar surface area (TPSA) is 108 Å². The molecule has 142 valence electrons. The molecule has 1 amide bonds. The lowest BCUT2D eigenvalue weighted by atomic mass is 9.99. The third-order valence-corrected chi connectivity index (χ3v) is 5.96. The highest BCUT2D eigenvalue weighted by molar-refractivity contribution is 7.89. The number of imidazole rings is 1. The quantitative estimate of drug-likeness (QED) is 0.802. The van der Waals surface area contributed by atoms with Crippen LogP contribution in [0.1, 0.15) is 23.2 Å². The van der Waals surface area contributed by atoms with Crippen molar-refractivity contribution in [3.63, 3.8) is 0 Å². The first kappa shape index (κ1) is 19.1. The van der Waals surface area contributed by atoms with Crippen LogP contribution in [0, 0.1) is 17.2 Å². The maximum absolute atomic E-state index is 12.7. The van der Waals surface area contributed by atoms with Gasteiger partial charge in [-0.25, -0.2) is 18.1 Å². The van der Waals surface area contributed by atoms with E-state index in [1.54, 1.807) is 40.3 Å². The van der Waals surface area contributed by atoms with Crippen LogP contribution in [0.3, 0.4) is 0 Å². The zero-order valence-corrected chi connectivity index (χ0v) is 15.6. The maximum atomic E-state index is 12.7. The van der Waals surface area contributed by atoms with Crippen LogP contribution in [0.4, 0.5) is 0 Å². The number of hydrogen-bond acceptors (Lipinski definition) is 5. The average molecular weight is 387 g/mol. The fraction of sp³-hybridized carbons (Fsp3) is 0.389. The molecule has 1 fully saturated rings. The van der Waals surface area contributed by atoms with Gasteiger partial charge in [-0.15, -0.1) is 0 Å². The molecule has 1 saturated heterocycles. The summed E-state index contributed by atoms with van der Waals surface area (Å²) in [7, 11) is -3.72. The molecule has 27 heavy (non-hydrogen) atoms. The minimum absolute atomic E-state index is 0.0489. The molecule has 0 aliphatic carbocycles. The largest absolute Gasteiger partial charge is 0.337 e. The molecule has 1 aliphatic heterocycles. The number of sulfonamides is 1. The highest BCUT2D eigenvalue weighted by Gasteiger charge is 2.25. The monoisotopic (exact) mass is 387 g/mol. The molecular formula is C18H21N5O3S. The van der Waals surface area contributed by atoms with Gasteiger partial charge in [-0.1, -0.05) is 6.07 Å². The summed E-state index contributed by atoms with van der Waals surface area (Å²) in [4.78, 5) is 18.3. The van der Waals surface area contributed by atoms with E-state index in [-0.39, 0.29) is 23.3 Å². The van der Waals surface area contributed by atoms with Gasteiger partial charge in [0, 0.05) is 44.1 Å². The smallest absolute Gasteiger partial charge is 0.253 e. The summed E-state index contributed by atoms with van der Waals surface area (Å²) in [6.45, 7) is 1.64. The second kappa shape index (κ2) is 8.33. The Kier molecular flexibility index (Phi) is 5.88. The summed E-state index contributed by atoms with van der Waals surface area (Å²) in [5, 5.41) is 9.08. The predicted molar refractivity (Wildman–Crippen MR) is 98.1 cm³/mol. The first-order valence-corrected chi connectivity index (χ1v) is 10.2. The van der Waals surface area contributed by atoms with E-state index >= 15 is 0 Å². The van der Waals surface area contributed by atoms with Gasteiger partial charge in [-0.2, -0.15) is 5.26 Å². The highest BCUT2D eigenvalue weighted by Crippen LogP contribution is 2.19. The van der Waals surface area contributed by atoms with Crippen LogP contribution in [0.5, 0.6) is 0 Å². The summed E-state index contributed by atoms with van der Waals surface area (Å²) in [6.07, 6.45) is 6.55. The number of carbonyl (C=O) groups is 1. The third kappa shape index (κ3) is 4.72. The van der Waals surface area contributed by atoms with Crippen molar-refractivity contribution < 1.29 is 13.2 Å². The van der Waals surface area contributed by atoms with Crippen molar-refractivity contribution in [3.8, 4) is 6.07 Å². The Morgan fingerprint density at radius 2 is 2.26 bits per heavy atom. The van der Waals surface area contributed by atoms with Gasteiger partial charge in [0.05, 0.1) is 23.2 Å². The van der Waals surface area contributed by atoms with E-state index in [4.69, 9.17) is 5.26 Å². The van der Waals surface area contributed by atoms with Crippen molar-refractivity contribution >= 4 is 15.9 Å². The number of amides is 1. The number of hydrogen-bond donors (Lipinski definition) is 1. The molecule has 1 N–H and O–H groups in total. The Bertz CT molecular complexity index is 934. The van der Waals surface area contributed by atoms with Crippen molar-refractivity contribution in [2.24, 2.45) is 5.92 Å². The van der Waals surface area contributed by atoms with E-state index in [1.165, 1.54) is 12.1 Å². The van der Waals surface area contributed by atoms with Gasteiger partial charge in [-0.05, 0) is 31.0 Å². The second-order valence-corrected chi connectivity index (χ2v) is 8.21. The van der Waals surface area contributed by atoms with Crippen molar-refractivity contribution in [1.82, 2.24) is 19.2 Å². The van der Waals surface area contributed by atoms with Gasteiger partial charge >= 0.3 is 0 Å². The normalized spacial score (nSPS) is 17.4. The fourth-order valence-electron chi connectivity index (χ4n) is 3.06. The van der Waals surface area contributed by atoms with E-state index in [0.717, 1.165) is 12.8 Å². The molecule has 0 spiro atoms. The molecule has 1 atom stereocenters. The van der Waals surface area contributed by atoms with Crippen LogP contribution in [-0.2, 0) is 16.6 Å². The molecule has 0 saturated carbocycles. The van der Waals surface area contributed by atoms with E-state index in [2.05, 4.69) is 15.8 Å². The van der Waals surface area contributed by atoms with Gasteiger partial charge in [0.1, 0.15) is 0 Å². The predicted octanol–water partition coefficient (Wildman–Crippen LogP) is 1.24. The number of carbonyl (C=O) groups excluding carboxylic acids is 1. The molecule has 9 heteroatoms. The number of benzene rings is 1. The zero-order valence-electron chi connectivity index (χ0n) is 14.8. The Morgan fingerprint density at radius 1 is 1.41 bits per heavy atom. The number of nitrogens with one attached hydrogen (secondary N) is 1. The van der Waals surface area contributed by atoms with E-state index < -0.39 is 10.0 Å². The highest BCUT2D eigenvalue weighted by atomic mass is 32.2. The van der Waals surface area contributed by atoms with Gasteiger partial charge in [-0.3, -0.25) is 4.79 Å². The summed E-state index contributed by atoms with van der Waals surface area (Å²) in [5.41, 5.74) is 0.311. The number of likely N-dealkylation sites (tertiary alicyclic amines) is 1. The van der Waals surface area contributed by atoms with E-state index in [9.17, 15) is 13.2 Å². The number of rotatable bonds is 6. The number of nitriles is 1. The molecule has 3 rings (SSSR count). The van der Waals surface area contributed by atoms with Gasteiger partial charge in [0.15, 0.2) is 0 Å². The van der Waals surface area contributed by atoms with Crippen LogP contribution in [0.2, 0.25) is 0 Å². The van der Waals surface area contributed by atoms with E-state index in [1.807, 2.05) is 0 Å². The van der Waals surface area contributed by atoms with Crippen molar-refractivity contribution in [2.45, 2.75) is 24.3 Å². The molecule has 2 heterocycles. The Balaban J connectivity index is 1.68. The lowest BCUT2D eigenvalue weighted by molar-refractivity contribution is 0.0698. The summed E-state index contributed by atoms with van der Waals surface area (Å²) in [5.74, 6) is -0.412. The summed E-state index contributed by atoms with van der Waals surface area (Å²) in [6, 6.07) is 8.21. The Labute approximate surface area is 158 Å². The maximum Gasteiger partial charge on any atom is 0.253 e. The first-order valence-electron chi connectivity index (χ1n) is 8.74. The minimum atomic E-state index is -3.72. The van der Waals surface area contributed by atoms with Gasteiger partial charge < -0.3 is 9.47 Å². The van der Waals surface area contributed by atoms with Crippen molar-refractivity contribution in [2.75, 3.05) is 19.6 Å². The van der Waals surface area contributed by atoms with Gasteiger partial charge in [0.2, 0.25) is 10.0 Å². The molecule has 1 aromatic carbocycles. The average Bonchev–Trinajstić information content (AvgIpc) is 3.21. The number of piperidine rings is 1. The number of nitrogens with zero attached hydrogens (tertiary/aromatic N) is 4. The minimum Gasteiger partial charge on any atom is -0.337 e. The first-order chi connectivity index (χ1) is 13.0. The van der Waals surface area contributed by atoms with Crippen LogP contribution in [0.25, 0.3) is 0 Å². The fourth-order valence-corrected chi connectivity index (χ4v) is 4.12. The third-order valence-electron chi connectivity index (χ3n) is 4.50. The van der Waals surface area contributed by atoms with Crippen LogP contribution in [-0.4, -0.2) is 48.4 Å². The number of aromatic nitrogens is 2. The molecule has 2 aromatic rings. The van der Waals surface area contributed by atoms with Gasteiger partial charge in [0.25, 0.3) is 5.91 Å².